The Labute approximate surface area is 85.5 Å². The van der Waals surface area contributed by atoms with E-state index in [1.54, 1.807) is 0 Å². The number of benzene rings is 1. The third-order valence-electron chi connectivity index (χ3n) is 3.38. The van der Waals surface area contributed by atoms with Crippen molar-refractivity contribution in [2.24, 2.45) is 5.92 Å². The zero-order valence-corrected chi connectivity index (χ0v) is 8.45. The van der Waals surface area contributed by atoms with Gasteiger partial charge < -0.3 is 5.32 Å². The molecule has 0 saturated heterocycles. The zero-order valence-electron chi connectivity index (χ0n) is 8.45. The lowest BCUT2D eigenvalue weighted by molar-refractivity contribution is 0.625. The van der Waals surface area contributed by atoms with Crippen molar-refractivity contribution >= 4 is 0 Å². The standard InChI is InChI=1S/C13H17N/c1-2-4-11(5-3-1)12-8-13(12)14-9-10-6-7-10/h1-5,10,12-14H,6-9H2. The summed E-state index contributed by atoms with van der Waals surface area (Å²) in [6.45, 7) is 1.26. The minimum absolute atomic E-state index is 0.776. The van der Waals surface area contributed by atoms with Crippen molar-refractivity contribution in [3.8, 4) is 0 Å². The molecule has 2 aliphatic carbocycles. The normalized spacial score (nSPS) is 30.3. The molecular formula is C13H17N. The predicted molar refractivity (Wildman–Crippen MR) is 58.3 cm³/mol. The Morgan fingerprint density at radius 3 is 2.64 bits per heavy atom. The molecule has 0 heterocycles. The molecule has 1 aromatic rings. The zero-order chi connectivity index (χ0) is 9.38. The minimum Gasteiger partial charge on any atom is -0.313 e. The van der Waals surface area contributed by atoms with E-state index in [-0.39, 0.29) is 0 Å². The lowest BCUT2D eigenvalue weighted by Crippen LogP contribution is -2.20. The van der Waals surface area contributed by atoms with Gasteiger partial charge in [-0.2, -0.15) is 0 Å². The van der Waals surface area contributed by atoms with Gasteiger partial charge in [0, 0.05) is 12.0 Å². The molecule has 0 amide bonds. The van der Waals surface area contributed by atoms with Crippen LogP contribution in [-0.4, -0.2) is 12.6 Å². The molecular weight excluding hydrogens is 170 g/mol. The highest BCUT2D eigenvalue weighted by Crippen LogP contribution is 2.41. The second-order valence-electron chi connectivity index (χ2n) is 4.71. The number of hydrogen-bond donors (Lipinski definition) is 1. The second-order valence-corrected chi connectivity index (χ2v) is 4.71. The first kappa shape index (κ1) is 8.49. The van der Waals surface area contributed by atoms with Gasteiger partial charge in [0.15, 0.2) is 0 Å². The summed E-state index contributed by atoms with van der Waals surface area (Å²) in [6, 6.07) is 11.7. The average Bonchev–Trinajstić information content (AvgIpc) is 3.12. The van der Waals surface area contributed by atoms with E-state index >= 15 is 0 Å². The molecule has 0 aliphatic heterocycles. The Morgan fingerprint density at radius 2 is 1.93 bits per heavy atom. The molecule has 2 aliphatic rings. The maximum atomic E-state index is 3.67. The van der Waals surface area contributed by atoms with Gasteiger partial charge in [0.1, 0.15) is 0 Å². The van der Waals surface area contributed by atoms with E-state index in [0.717, 1.165) is 17.9 Å². The Bertz CT molecular complexity index is 302. The summed E-state index contributed by atoms with van der Waals surface area (Å²) >= 11 is 0. The molecule has 0 bridgehead atoms. The van der Waals surface area contributed by atoms with Crippen LogP contribution in [0.3, 0.4) is 0 Å². The fourth-order valence-electron chi connectivity index (χ4n) is 2.13. The number of hydrogen-bond acceptors (Lipinski definition) is 1. The number of nitrogens with one attached hydrogen (secondary N) is 1. The van der Waals surface area contributed by atoms with E-state index in [0.29, 0.717) is 0 Å². The molecule has 1 N–H and O–H groups in total. The van der Waals surface area contributed by atoms with Gasteiger partial charge >= 0.3 is 0 Å². The number of rotatable bonds is 4. The summed E-state index contributed by atoms with van der Waals surface area (Å²) in [5, 5.41) is 3.67. The Morgan fingerprint density at radius 1 is 1.14 bits per heavy atom. The molecule has 0 radical (unpaired) electrons. The van der Waals surface area contributed by atoms with E-state index in [9.17, 15) is 0 Å². The molecule has 2 fully saturated rings. The molecule has 2 saturated carbocycles. The van der Waals surface area contributed by atoms with E-state index in [2.05, 4.69) is 35.6 Å². The van der Waals surface area contributed by atoms with E-state index in [1.165, 1.54) is 31.4 Å². The fourth-order valence-corrected chi connectivity index (χ4v) is 2.13. The maximum Gasteiger partial charge on any atom is 0.0143 e. The van der Waals surface area contributed by atoms with Crippen molar-refractivity contribution < 1.29 is 0 Å². The van der Waals surface area contributed by atoms with Crippen LogP contribution in [0.2, 0.25) is 0 Å². The highest BCUT2D eigenvalue weighted by Gasteiger charge is 2.38. The Kier molecular flexibility index (Phi) is 2.06. The summed E-state index contributed by atoms with van der Waals surface area (Å²) in [5.74, 6) is 1.81. The quantitative estimate of drug-likeness (QED) is 0.763. The molecule has 2 atom stereocenters. The van der Waals surface area contributed by atoms with Gasteiger partial charge in [-0.1, -0.05) is 30.3 Å². The molecule has 1 aromatic carbocycles. The predicted octanol–water partition coefficient (Wildman–Crippen LogP) is 2.54. The Balaban J connectivity index is 1.52. The van der Waals surface area contributed by atoms with Crippen molar-refractivity contribution in [2.75, 3.05) is 6.54 Å². The summed E-state index contributed by atoms with van der Waals surface area (Å²) in [6.07, 6.45) is 4.25. The average molecular weight is 187 g/mol. The first-order chi connectivity index (χ1) is 6.93. The molecule has 3 rings (SSSR count). The Hall–Kier alpha value is -0.820. The lowest BCUT2D eigenvalue weighted by atomic mass is 10.1. The van der Waals surface area contributed by atoms with Gasteiger partial charge in [-0.15, -0.1) is 0 Å². The van der Waals surface area contributed by atoms with Gasteiger partial charge in [0.05, 0.1) is 0 Å². The summed E-state index contributed by atoms with van der Waals surface area (Å²) in [7, 11) is 0. The van der Waals surface area contributed by atoms with Gasteiger partial charge in [0.25, 0.3) is 0 Å². The highest BCUT2D eigenvalue weighted by atomic mass is 15.0. The third kappa shape index (κ3) is 1.83. The van der Waals surface area contributed by atoms with Crippen molar-refractivity contribution in [1.29, 1.82) is 0 Å². The van der Waals surface area contributed by atoms with Crippen molar-refractivity contribution in [1.82, 2.24) is 5.32 Å². The molecule has 1 nitrogen and oxygen atoms in total. The van der Waals surface area contributed by atoms with Crippen LogP contribution < -0.4 is 5.32 Å². The first-order valence-corrected chi connectivity index (χ1v) is 5.72. The van der Waals surface area contributed by atoms with Crippen LogP contribution in [0.5, 0.6) is 0 Å². The summed E-state index contributed by atoms with van der Waals surface area (Å²) < 4.78 is 0. The van der Waals surface area contributed by atoms with Crippen molar-refractivity contribution in [3.63, 3.8) is 0 Å². The monoisotopic (exact) mass is 187 g/mol. The van der Waals surface area contributed by atoms with Crippen molar-refractivity contribution in [2.45, 2.75) is 31.2 Å². The first-order valence-electron chi connectivity index (χ1n) is 5.72. The van der Waals surface area contributed by atoms with Crippen LogP contribution in [0.1, 0.15) is 30.7 Å². The van der Waals surface area contributed by atoms with E-state index in [1.807, 2.05) is 0 Å². The summed E-state index contributed by atoms with van der Waals surface area (Å²) in [4.78, 5) is 0. The van der Waals surface area contributed by atoms with Gasteiger partial charge in [-0.05, 0) is 37.3 Å². The van der Waals surface area contributed by atoms with Crippen LogP contribution in [-0.2, 0) is 0 Å². The minimum atomic E-state index is 0.776. The molecule has 74 valence electrons. The van der Waals surface area contributed by atoms with Crippen LogP contribution in [0.4, 0.5) is 0 Å². The van der Waals surface area contributed by atoms with Gasteiger partial charge in [0.2, 0.25) is 0 Å². The largest absolute Gasteiger partial charge is 0.313 e. The lowest BCUT2D eigenvalue weighted by Gasteiger charge is -2.02. The van der Waals surface area contributed by atoms with Crippen molar-refractivity contribution in [3.05, 3.63) is 35.9 Å². The third-order valence-corrected chi connectivity index (χ3v) is 3.38. The SMILES string of the molecule is c1ccc(C2CC2NCC2CC2)cc1. The van der Waals surface area contributed by atoms with Crippen LogP contribution in [0, 0.1) is 5.92 Å². The molecule has 0 spiro atoms. The van der Waals surface area contributed by atoms with Crippen LogP contribution in [0.25, 0.3) is 0 Å². The van der Waals surface area contributed by atoms with E-state index in [4.69, 9.17) is 0 Å². The van der Waals surface area contributed by atoms with E-state index < -0.39 is 0 Å². The molecule has 14 heavy (non-hydrogen) atoms. The highest BCUT2D eigenvalue weighted by molar-refractivity contribution is 5.27. The molecule has 2 unspecified atom stereocenters. The molecule has 0 aromatic heterocycles. The summed E-state index contributed by atoms with van der Waals surface area (Å²) in [5.41, 5.74) is 1.51. The fraction of sp³-hybridized carbons (Fsp3) is 0.538. The second kappa shape index (κ2) is 3.39. The van der Waals surface area contributed by atoms with Gasteiger partial charge in [-0.25, -0.2) is 0 Å². The molecule has 1 heteroatoms. The van der Waals surface area contributed by atoms with Crippen LogP contribution >= 0.6 is 0 Å². The topological polar surface area (TPSA) is 12.0 Å². The maximum absolute atomic E-state index is 3.67. The van der Waals surface area contributed by atoms with Crippen LogP contribution in [0.15, 0.2) is 30.3 Å². The smallest absolute Gasteiger partial charge is 0.0143 e. The van der Waals surface area contributed by atoms with Gasteiger partial charge in [-0.3, -0.25) is 0 Å².